The molecule has 0 amide bonds. The number of carboxylic acids is 2. The average Bonchev–Trinajstić information content (AvgIpc) is 2.33. The van der Waals surface area contributed by atoms with Gasteiger partial charge in [0.15, 0.2) is 5.60 Å². The molecule has 1 aliphatic rings. The lowest BCUT2D eigenvalue weighted by Crippen LogP contribution is -2.40. The fourth-order valence-corrected chi connectivity index (χ4v) is 1.11. The van der Waals surface area contributed by atoms with Gasteiger partial charge in [-0.1, -0.05) is 0 Å². The number of β-amino-alcohol motifs (C(OH)–C–C–N with tert-alkyl or cyclic N) is 1. The molecule has 0 aromatic heterocycles. The molecule has 1 rings (SSSR count). The predicted octanol–water partition coefficient (Wildman–Crippen LogP) is -1.75. The quantitative estimate of drug-likeness (QED) is 0.396. The molecule has 0 saturated carbocycles. The van der Waals surface area contributed by atoms with Crippen LogP contribution in [0, 0.1) is 0 Å². The first-order chi connectivity index (χ1) is 5.46. The van der Waals surface area contributed by atoms with E-state index in [2.05, 4.69) is 5.32 Å². The predicted molar refractivity (Wildman–Crippen MR) is 36.6 cm³/mol. The molecule has 1 fully saturated rings. The zero-order valence-electron chi connectivity index (χ0n) is 6.15. The van der Waals surface area contributed by atoms with Crippen LogP contribution in [0.1, 0.15) is 6.42 Å². The lowest BCUT2D eigenvalue weighted by Gasteiger charge is -2.13. The molecule has 12 heavy (non-hydrogen) atoms. The van der Waals surface area contributed by atoms with Gasteiger partial charge in [0, 0.05) is 13.0 Å². The maximum absolute atomic E-state index is 10.4. The van der Waals surface area contributed by atoms with E-state index in [9.17, 15) is 14.7 Å². The summed E-state index contributed by atoms with van der Waals surface area (Å²) in [6.07, 6.45) is -0.294. The van der Waals surface area contributed by atoms with E-state index in [1.165, 1.54) is 0 Å². The Morgan fingerprint density at radius 3 is 2.25 bits per heavy atom. The van der Waals surface area contributed by atoms with Crippen LogP contribution in [0.3, 0.4) is 0 Å². The Bertz CT molecular complexity index is 228. The minimum absolute atomic E-state index is 0.223. The third-order valence-electron chi connectivity index (χ3n) is 1.88. The van der Waals surface area contributed by atoms with Crippen LogP contribution in [0.5, 0.6) is 0 Å². The lowest BCUT2D eigenvalue weighted by atomic mass is 10.0. The Labute approximate surface area is 67.8 Å². The molecule has 68 valence electrons. The van der Waals surface area contributed by atoms with Crippen molar-refractivity contribution in [1.29, 1.82) is 0 Å². The topological polar surface area (TPSA) is 107 Å². The largest absolute Gasteiger partial charge is 0.480 e. The van der Waals surface area contributed by atoms with Crippen LogP contribution in [0.4, 0.5) is 0 Å². The molecule has 0 spiro atoms. The summed E-state index contributed by atoms with van der Waals surface area (Å²) in [7, 11) is 0. The number of hydrogen-bond acceptors (Lipinski definition) is 4. The highest BCUT2D eigenvalue weighted by Crippen LogP contribution is 2.19. The molecule has 1 aliphatic heterocycles. The van der Waals surface area contributed by atoms with E-state index in [1.807, 2.05) is 0 Å². The highest BCUT2D eigenvalue weighted by molar-refractivity contribution is 5.82. The van der Waals surface area contributed by atoms with Gasteiger partial charge in [-0.05, 0) is 0 Å². The van der Waals surface area contributed by atoms with E-state index in [0.717, 1.165) is 0 Å². The number of carbonyl (C=O) groups is 2. The molecular weight excluding hydrogens is 166 g/mol. The van der Waals surface area contributed by atoms with Gasteiger partial charge in [-0.25, -0.2) is 4.79 Å². The number of carboxylic acid groups (broad SMARTS) is 2. The minimum Gasteiger partial charge on any atom is -0.480 e. The van der Waals surface area contributed by atoms with E-state index in [4.69, 9.17) is 10.2 Å². The van der Waals surface area contributed by atoms with Crippen LogP contribution in [0.2, 0.25) is 0 Å². The number of aliphatic carboxylic acids is 2. The Balaban J connectivity index is 2.67. The zero-order chi connectivity index (χ0) is 9.35. The lowest BCUT2D eigenvalue weighted by molar-refractivity contribution is -0.156. The van der Waals surface area contributed by atoms with Gasteiger partial charge in [-0.2, -0.15) is 0 Å². The van der Waals surface area contributed by atoms with Crippen LogP contribution in [-0.4, -0.2) is 45.4 Å². The first-order valence-corrected chi connectivity index (χ1v) is 3.38. The third kappa shape index (κ3) is 1.39. The summed E-state index contributed by atoms with van der Waals surface area (Å²) in [6.45, 7) is -0.223. The molecule has 6 heteroatoms. The molecule has 0 unspecified atom stereocenters. The molecule has 0 radical (unpaired) electrons. The molecule has 1 heterocycles. The maximum Gasteiger partial charge on any atom is 0.337 e. The maximum atomic E-state index is 10.4. The van der Waals surface area contributed by atoms with Crippen molar-refractivity contribution in [2.45, 2.75) is 18.1 Å². The van der Waals surface area contributed by atoms with E-state index < -0.39 is 23.6 Å². The molecule has 4 N–H and O–H groups in total. The standard InChI is InChI=1S/C6H9NO5/c8-4(9)3-1-6(12,2-7-3)5(10)11/h3,7,12H,1-2H2,(H,8,9)(H,10,11)/t3-,6+/m0/s1. The summed E-state index contributed by atoms with van der Waals surface area (Å²) >= 11 is 0. The van der Waals surface area contributed by atoms with Crippen molar-refractivity contribution in [3.8, 4) is 0 Å². The fraction of sp³-hybridized carbons (Fsp3) is 0.667. The normalized spacial score (nSPS) is 34.9. The van der Waals surface area contributed by atoms with Gasteiger partial charge < -0.3 is 20.6 Å². The molecule has 1 saturated heterocycles. The van der Waals surface area contributed by atoms with E-state index >= 15 is 0 Å². The smallest absolute Gasteiger partial charge is 0.337 e. The van der Waals surface area contributed by atoms with Crippen molar-refractivity contribution in [2.75, 3.05) is 6.54 Å². The second-order valence-electron chi connectivity index (χ2n) is 2.81. The van der Waals surface area contributed by atoms with Crippen LogP contribution in [0.25, 0.3) is 0 Å². The van der Waals surface area contributed by atoms with Crippen LogP contribution >= 0.6 is 0 Å². The summed E-state index contributed by atoms with van der Waals surface area (Å²) in [4.78, 5) is 20.8. The third-order valence-corrected chi connectivity index (χ3v) is 1.88. The van der Waals surface area contributed by atoms with Crippen LogP contribution < -0.4 is 5.32 Å². The monoisotopic (exact) mass is 175 g/mol. The van der Waals surface area contributed by atoms with E-state index in [0.29, 0.717) is 0 Å². The summed E-state index contributed by atoms with van der Waals surface area (Å²) in [6, 6.07) is -0.967. The van der Waals surface area contributed by atoms with Gasteiger partial charge in [0.25, 0.3) is 0 Å². The molecule has 0 aromatic carbocycles. The van der Waals surface area contributed by atoms with Crippen molar-refractivity contribution in [2.24, 2.45) is 0 Å². The number of rotatable bonds is 2. The Morgan fingerprint density at radius 1 is 1.42 bits per heavy atom. The van der Waals surface area contributed by atoms with Gasteiger partial charge in [0.2, 0.25) is 0 Å². The summed E-state index contributed by atoms with van der Waals surface area (Å²) in [5.74, 6) is -2.54. The number of nitrogens with one attached hydrogen (secondary N) is 1. The molecule has 2 atom stereocenters. The molecular formula is C6H9NO5. The number of aliphatic hydroxyl groups is 1. The summed E-state index contributed by atoms with van der Waals surface area (Å²) in [5, 5.41) is 28.6. The first kappa shape index (κ1) is 8.95. The van der Waals surface area contributed by atoms with Crippen LogP contribution in [0.15, 0.2) is 0 Å². The zero-order valence-corrected chi connectivity index (χ0v) is 6.15. The van der Waals surface area contributed by atoms with E-state index in [1.54, 1.807) is 0 Å². The van der Waals surface area contributed by atoms with Crippen molar-refractivity contribution in [1.82, 2.24) is 5.32 Å². The Kier molecular flexibility index (Phi) is 2.03. The first-order valence-electron chi connectivity index (χ1n) is 3.38. The van der Waals surface area contributed by atoms with Gasteiger partial charge in [-0.3, -0.25) is 4.79 Å². The van der Waals surface area contributed by atoms with Crippen molar-refractivity contribution in [3.63, 3.8) is 0 Å². The van der Waals surface area contributed by atoms with Gasteiger partial charge >= 0.3 is 11.9 Å². The average molecular weight is 175 g/mol. The van der Waals surface area contributed by atoms with E-state index in [-0.39, 0.29) is 13.0 Å². The van der Waals surface area contributed by atoms with Crippen molar-refractivity contribution < 1.29 is 24.9 Å². The van der Waals surface area contributed by atoms with Gasteiger partial charge in [0.05, 0.1) is 0 Å². The fourth-order valence-electron chi connectivity index (χ4n) is 1.11. The van der Waals surface area contributed by atoms with Gasteiger partial charge in [-0.15, -0.1) is 0 Å². The highest BCUT2D eigenvalue weighted by atomic mass is 16.4. The molecule has 6 nitrogen and oxygen atoms in total. The summed E-state index contributed by atoms with van der Waals surface area (Å²) < 4.78 is 0. The van der Waals surface area contributed by atoms with Crippen molar-refractivity contribution in [3.05, 3.63) is 0 Å². The van der Waals surface area contributed by atoms with Gasteiger partial charge in [0.1, 0.15) is 6.04 Å². The summed E-state index contributed by atoms with van der Waals surface area (Å²) in [5.41, 5.74) is -1.93. The minimum atomic E-state index is -1.93. The number of hydrogen-bond donors (Lipinski definition) is 4. The highest BCUT2D eigenvalue weighted by Gasteiger charge is 2.46. The second-order valence-corrected chi connectivity index (χ2v) is 2.81. The second kappa shape index (κ2) is 2.72. The van der Waals surface area contributed by atoms with Crippen molar-refractivity contribution >= 4 is 11.9 Å². The molecule has 0 bridgehead atoms. The Morgan fingerprint density at radius 2 is 2.00 bits per heavy atom. The Hall–Kier alpha value is -1.14. The molecule has 0 aromatic rings. The molecule has 0 aliphatic carbocycles. The van der Waals surface area contributed by atoms with Crippen LogP contribution in [-0.2, 0) is 9.59 Å². The SMILES string of the molecule is O=C(O)[C@@H]1C[C@](O)(C(=O)O)CN1.